The molecule has 0 aliphatic heterocycles. The van der Waals surface area contributed by atoms with E-state index in [0.717, 1.165) is 0 Å². The van der Waals surface area contributed by atoms with Crippen molar-refractivity contribution in [2.75, 3.05) is 6.54 Å². The van der Waals surface area contributed by atoms with E-state index in [1.54, 1.807) is 38.1 Å². The van der Waals surface area contributed by atoms with Crippen LogP contribution in [0.1, 0.15) is 30.6 Å². The topological polar surface area (TPSA) is 116 Å². The highest BCUT2D eigenvalue weighted by Crippen LogP contribution is 2.14. The van der Waals surface area contributed by atoms with E-state index in [1.165, 1.54) is 0 Å². The number of hydrazine groups is 1. The van der Waals surface area contributed by atoms with Crippen LogP contribution in [0.15, 0.2) is 24.3 Å². The first-order valence-electron chi connectivity index (χ1n) is 7.23. The zero-order chi connectivity index (χ0) is 18.1. The summed E-state index contributed by atoms with van der Waals surface area (Å²) in [5.41, 5.74) is 4.37. The molecule has 0 radical (unpaired) electrons. The number of rotatable bonds is 5. The number of benzene rings is 1. The monoisotopic (exact) mass is 354 g/mol. The molecule has 8 nitrogen and oxygen atoms in total. The normalized spacial score (nSPS) is 10.0. The van der Waals surface area contributed by atoms with Gasteiger partial charge in [-0.3, -0.25) is 30.0 Å². The van der Waals surface area contributed by atoms with Crippen molar-refractivity contribution in [3.05, 3.63) is 34.9 Å². The summed E-state index contributed by atoms with van der Waals surface area (Å²) in [6.07, 6.45) is -0.0811. The molecular weight excluding hydrogens is 336 g/mol. The van der Waals surface area contributed by atoms with Crippen LogP contribution in [-0.2, 0) is 14.4 Å². The molecule has 0 saturated heterocycles. The van der Waals surface area contributed by atoms with Gasteiger partial charge < -0.3 is 10.6 Å². The molecule has 130 valence electrons. The summed E-state index contributed by atoms with van der Waals surface area (Å²) in [5, 5.41) is 5.22. The van der Waals surface area contributed by atoms with Crippen LogP contribution in [0.5, 0.6) is 0 Å². The molecule has 1 rings (SSSR count). The summed E-state index contributed by atoms with van der Waals surface area (Å²) in [6.45, 7) is 3.45. The fraction of sp³-hybridized carbons (Fsp3) is 0.333. The van der Waals surface area contributed by atoms with Crippen LogP contribution in [0.4, 0.5) is 0 Å². The summed E-state index contributed by atoms with van der Waals surface area (Å²) in [7, 11) is 0. The van der Waals surface area contributed by atoms with Crippen LogP contribution in [0.2, 0.25) is 5.02 Å². The second kappa shape index (κ2) is 9.51. The quantitative estimate of drug-likeness (QED) is 0.444. The Kier molecular flexibility index (Phi) is 7.70. The standard InChI is InChI=1S/C15H19ClN4O4/c1-9(2)18-14(23)15(24)20-19-12(21)7-8-17-13(22)10-5-3-4-6-11(10)16/h3-6,9H,7-8H2,1-2H3,(H,17,22)(H,18,23)(H,19,21)(H,20,24). The Morgan fingerprint density at radius 1 is 1.04 bits per heavy atom. The Balaban J connectivity index is 2.29. The van der Waals surface area contributed by atoms with E-state index in [1.807, 2.05) is 5.43 Å². The zero-order valence-corrected chi connectivity index (χ0v) is 14.1. The van der Waals surface area contributed by atoms with Crippen LogP contribution in [0.25, 0.3) is 0 Å². The van der Waals surface area contributed by atoms with E-state index in [2.05, 4.69) is 16.1 Å². The van der Waals surface area contributed by atoms with Crippen LogP contribution < -0.4 is 21.5 Å². The highest BCUT2D eigenvalue weighted by atomic mass is 35.5. The molecule has 0 aliphatic carbocycles. The second-order valence-electron chi connectivity index (χ2n) is 5.12. The maximum atomic E-state index is 11.9. The Morgan fingerprint density at radius 3 is 2.33 bits per heavy atom. The van der Waals surface area contributed by atoms with E-state index in [9.17, 15) is 19.2 Å². The maximum absolute atomic E-state index is 11.9. The first-order valence-corrected chi connectivity index (χ1v) is 7.61. The van der Waals surface area contributed by atoms with Gasteiger partial charge in [-0.05, 0) is 26.0 Å². The largest absolute Gasteiger partial charge is 0.351 e. The number of hydrogen-bond donors (Lipinski definition) is 4. The number of carbonyl (C=O) groups is 4. The lowest BCUT2D eigenvalue weighted by Crippen LogP contribution is -2.50. The van der Waals surface area contributed by atoms with E-state index >= 15 is 0 Å². The molecule has 1 aromatic rings. The number of hydrogen-bond acceptors (Lipinski definition) is 4. The van der Waals surface area contributed by atoms with Crippen LogP contribution in [0, 0.1) is 0 Å². The summed E-state index contributed by atoms with van der Waals surface area (Å²) in [6, 6.07) is 6.32. The molecule has 0 bridgehead atoms. The van der Waals surface area contributed by atoms with Crippen molar-refractivity contribution in [3.8, 4) is 0 Å². The van der Waals surface area contributed by atoms with Gasteiger partial charge in [0.05, 0.1) is 10.6 Å². The molecule has 0 heterocycles. The van der Waals surface area contributed by atoms with Crippen molar-refractivity contribution >= 4 is 35.2 Å². The third-order valence-corrected chi connectivity index (χ3v) is 3.03. The molecule has 4 amide bonds. The smallest absolute Gasteiger partial charge is 0.327 e. The highest BCUT2D eigenvalue weighted by Gasteiger charge is 2.15. The van der Waals surface area contributed by atoms with E-state index in [0.29, 0.717) is 10.6 Å². The molecular formula is C15H19ClN4O4. The maximum Gasteiger partial charge on any atom is 0.327 e. The molecule has 0 atom stereocenters. The van der Waals surface area contributed by atoms with Crippen molar-refractivity contribution in [3.63, 3.8) is 0 Å². The fourth-order valence-electron chi connectivity index (χ4n) is 1.60. The van der Waals surface area contributed by atoms with Crippen LogP contribution >= 0.6 is 11.6 Å². The minimum absolute atomic E-state index is 0.0456. The third-order valence-electron chi connectivity index (χ3n) is 2.70. The molecule has 0 fully saturated rings. The van der Waals surface area contributed by atoms with Gasteiger partial charge in [0.2, 0.25) is 5.91 Å². The lowest BCUT2D eigenvalue weighted by molar-refractivity contribution is -0.141. The number of nitrogens with one attached hydrogen (secondary N) is 4. The molecule has 0 aromatic heterocycles. The molecule has 9 heteroatoms. The Labute approximate surface area is 144 Å². The summed E-state index contributed by atoms with van der Waals surface area (Å²) in [4.78, 5) is 46.1. The minimum Gasteiger partial charge on any atom is -0.351 e. The van der Waals surface area contributed by atoms with Gasteiger partial charge in [-0.15, -0.1) is 0 Å². The van der Waals surface area contributed by atoms with Crippen molar-refractivity contribution in [2.45, 2.75) is 26.3 Å². The van der Waals surface area contributed by atoms with Crippen LogP contribution in [0.3, 0.4) is 0 Å². The Morgan fingerprint density at radius 2 is 1.71 bits per heavy atom. The van der Waals surface area contributed by atoms with Crippen LogP contribution in [-0.4, -0.2) is 36.2 Å². The molecule has 1 aromatic carbocycles. The summed E-state index contributed by atoms with van der Waals surface area (Å²) >= 11 is 5.89. The molecule has 0 unspecified atom stereocenters. The van der Waals surface area contributed by atoms with Crippen molar-refractivity contribution in [2.24, 2.45) is 0 Å². The molecule has 0 aliphatic rings. The first-order chi connectivity index (χ1) is 11.3. The van der Waals surface area contributed by atoms with E-state index in [-0.39, 0.29) is 19.0 Å². The SMILES string of the molecule is CC(C)NC(=O)C(=O)NNC(=O)CCNC(=O)c1ccccc1Cl. The molecule has 0 saturated carbocycles. The average molecular weight is 355 g/mol. The highest BCUT2D eigenvalue weighted by molar-refractivity contribution is 6.35. The van der Waals surface area contributed by atoms with Gasteiger partial charge in [0.25, 0.3) is 5.91 Å². The van der Waals surface area contributed by atoms with Gasteiger partial charge in [-0.1, -0.05) is 23.7 Å². The van der Waals surface area contributed by atoms with Gasteiger partial charge in [0, 0.05) is 19.0 Å². The molecule has 24 heavy (non-hydrogen) atoms. The fourth-order valence-corrected chi connectivity index (χ4v) is 1.83. The van der Waals surface area contributed by atoms with E-state index < -0.39 is 23.6 Å². The summed E-state index contributed by atoms with van der Waals surface area (Å²) < 4.78 is 0. The van der Waals surface area contributed by atoms with Crippen molar-refractivity contribution < 1.29 is 19.2 Å². The average Bonchev–Trinajstić information content (AvgIpc) is 2.52. The predicted octanol–water partition coefficient (Wildman–Crippen LogP) is 0.132. The van der Waals surface area contributed by atoms with Gasteiger partial charge in [0.1, 0.15) is 0 Å². The van der Waals surface area contributed by atoms with Gasteiger partial charge in [-0.25, -0.2) is 0 Å². The predicted molar refractivity (Wildman–Crippen MR) is 88.0 cm³/mol. The van der Waals surface area contributed by atoms with Gasteiger partial charge in [0.15, 0.2) is 0 Å². The number of amides is 4. The summed E-state index contributed by atoms with van der Waals surface area (Å²) in [5.74, 6) is -2.79. The molecule has 4 N–H and O–H groups in total. The molecule has 0 spiro atoms. The van der Waals surface area contributed by atoms with Gasteiger partial charge >= 0.3 is 11.8 Å². The zero-order valence-electron chi connectivity index (χ0n) is 13.3. The van der Waals surface area contributed by atoms with E-state index in [4.69, 9.17) is 11.6 Å². The van der Waals surface area contributed by atoms with Crippen molar-refractivity contribution in [1.82, 2.24) is 21.5 Å². The lowest BCUT2D eigenvalue weighted by atomic mass is 10.2. The first kappa shape index (κ1) is 19.4. The minimum atomic E-state index is -0.975. The lowest BCUT2D eigenvalue weighted by Gasteiger charge is -2.10. The second-order valence-corrected chi connectivity index (χ2v) is 5.52. The Bertz CT molecular complexity index is 634. The Hall–Kier alpha value is -2.61. The van der Waals surface area contributed by atoms with Crippen molar-refractivity contribution in [1.29, 1.82) is 0 Å². The van der Waals surface area contributed by atoms with Gasteiger partial charge in [-0.2, -0.15) is 0 Å². The number of halogens is 1. The third kappa shape index (κ3) is 6.66. The number of carbonyl (C=O) groups excluding carboxylic acids is 4.